The van der Waals surface area contributed by atoms with Gasteiger partial charge in [0.25, 0.3) is 5.56 Å². The minimum atomic E-state index is -0.202. The summed E-state index contributed by atoms with van der Waals surface area (Å²) in [5.74, 6) is 1.17. The Balaban J connectivity index is 1.48. The van der Waals surface area contributed by atoms with Gasteiger partial charge in [-0.15, -0.1) is 0 Å². The summed E-state index contributed by atoms with van der Waals surface area (Å²) in [5.41, 5.74) is 1.13. The molecular weight excluding hydrogens is 418 g/mol. The highest BCUT2D eigenvalue weighted by atomic mass is 32.2. The molecule has 1 aliphatic rings. The Hall–Kier alpha value is -3.04. The first-order valence-corrected chi connectivity index (χ1v) is 11.0. The summed E-state index contributed by atoms with van der Waals surface area (Å²) in [6, 6.07) is 12.5. The second-order valence-corrected chi connectivity index (χ2v) is 7.77. The number of para-hydroxylation sites is 1. The van der Waals surface area contributed by atoms with Crippen molar-refractivity contribution in [1.82, 2.24) is 9.55 Å². The molecule has 1 N–H and O–H groups in total. The molecule has 0 spiro atoms. The number of nitrogens with one attached hydrogen (secondary N) is 1. The number of thioether (sulfide) groups is 1. The van der Waals surface area contributed by atoms with Gasteiger partial charge in [-0.05, 0) is 37.6 Å². The number of rotatable bonds is 9. The Kier molecular flexibility index (Phi) is 6.73. The molecule has 0 radical (unpaired) electrons. The zero-order chi connectivity index (χ0) is 21.6. The number of aromatic nitrogens is 2. The molecular formula is C22H23N3O5S. The summed E-state index contributed by atoms with van der Waals surface area (Å²) >= 11 is 1.24. The predicted octanol–water partition coefficient (Wildman–Crippen LogP) is 3.28. The minimum Gasteiger partial charge on any atom is -0.454 e. The SMILES string of the molecule is CCOCCCn1c(SCC(=O)Nc2ccc3c(c2)OCO3)nc2ccccc2c1=O. The summed E-state index contributed by atoms with van der Waals surface area (Å²) in [4.78, 5) is 30.1. The van der Waals surface area contributed by atoms with Crippen LogP contribution in [0.2, 0.25) is 0 Å². The molecule has 1 amide bonds. The number of hydrogen-bond donors (Lipinski definition) is 1. The molecule has 31 heavy (non-hydrogen) atoms. The molecule has 4 rings (SSSR count). The third-order valence-corrected chi connectivity index (χ3v) is 5.67. The van der Waals surface area contributed by atoms with Gasteiger partial charge in [0.1, 0.15) is 0 Å². The van der Waals surface area contributed by atoms with Crippen LogP contribution < -0.4 is 20.3 Å². The van der Waals surface area contributed by atoms with Gasteiger partial charge in [-0.2, -0.15) is 0 Å². The second kappa shape index (κ2) is 9.84. The number of carbonyl (C=O) groups excluding carboxylic acids is 1. The van der Waals surface area contributed by atoms with Crippen LogP contribution in [0.4, 0.5) is 5.69 Å². The van der Waals surface area contributed by atoms with Crippen molar-refractivity contribution in [1.29, 1.82) is 0 Å². The lowest BCUT2D eigenvalue weighted by Gasteiger charge is -2.13. The molecule has 1 aromatic heterocycles. The fraction of sp³-hybridized carbons (Fsp3) is 0.318. The quantitative estimate of drug-likeness (QED) is 0.309. The van der Waals surface area contributed by atoms with Crippen LogP contribution >= 0.6 is 11.8 Å². The van der Waals surface area contributed by atoms with E-state index in [1.807, 2.05) is 19.1 Å². The van der Waals surface area contributed by atoms with E-state index >= 15 is 0 Å². The first-order chi connectivity index (χ1) is 15.2. The number of benzene rings is 2. The highest BCUT2D eigenvalue weighted by Crippen LogP contribution is 2.34. The summed E-state index contributed by atoms with van der Waals surface area (Å²) < 4.78 is 17.6. The van der Waals surface area contributed by atoms with Crippen molar-refractivity contribution in [3.63, 3.8) is 0 Å². The molecule has 0 bridgehead atoms. The lowest BCUT2D eigenvalue weighted by Crippen LogP contribution is -2.25. The molecule has 3 aromatic rings. The van der Waals surface area contributed by atoms with Crippen LogP contribution in [-0.2, 0) is 16.1 Å². The maximum Gasteiger partial charge on any atom is 0.262 e. The van der Waals surface area contributed by atoms with Crippen LogP contribution in [0.25, 0.3) is 10.9 Å². The van der Waals surface area contributed by atoms with Crippen LogP contribution in [0.3, 0.4) is 0 Å². The maximum absolute atomic E-state index is 13.0. The molecule has 0 saturated carbocycles. The van der Waals surface area contributed by atoms with Gasteiger partial charge in [-0.1, -0.05) is 23.9 Å². The third-order valence-electron chi connectivity index (χ3n) is 4.69. The van der Waals surface area contributed by atoms with E-state index in [-0.39, 0.29) is 24.0 Å². The zero-order valence-corrected chi connectivity index (χ0v) is 17.9. The van der Waals surface area contributed by atoms with Gasteiger partial charge in [0, 0.05) is 31.5 Å². The van der Waals surface area contributed by atoms with Crippen LogP contribution in [-0.4, -0.2) is 41.2 Å². The molecule has 2 aromatic carbocycles. The van der Waals surface area contributed by atoms with Crippen molar-refractivity contribution >= 4 is 34.3 Å². The van der Waals surface area contributed by atoms with Gasteiger partial charge in [0.2, 0.25) is 12.7 Å². The van der Waals surface area contributed by atoms with Crippen LogP contribution in [0.15, 0.2) is 52.4 Å². The molecule has 0 unspecified atom stereocenters. The van der Waals surface area contributed by atoms with E-state index in [9.17, 15) is 9.59 Å². The van der Waals surface area contributed by atoms with Gasteiger partial charge in [-0.25, -0.2) is 4.98 Å². The summed E-state index contributed by atoms with van der Waals surface area (Å²) in [7, 11) is 0. The first-order valence-electron chi connectivity index (χ1n) is 10.1. The topological polar surface area (TPSA) is 91.7 Å². The minimum absolute atomic E-state index is 0.110. The fourth-order valence-corrected chi connectivity index (χ4v) is 4.05. The molecule has 0 atom stereocenters. The van der Waals surface area contributed by atoms with Crippen molar-refractivity contribution in [2.75, 3.05) is 31.1 Å². The van der Waals surface area contributed by atoms with Crippen LogP contribution in [0, 0.1) is 0 Å². The van der Waals surface area contributed by atoms with Crippen LogP contribution in [0.5, 0.6) is 11.5 Å². The van der Waals surface area contributed by atoms with Gasteiger partial charge in [0.15, 0.2) is 16.7 Å². The summed E-state index contributed by atoms with van der Waals surface area (Å²) in [6.45, 7) is 3.78. The Morgan fingerprint density at radius 2 is 2.06 bits per heavy atom. The van der Waals surface area contributed by atoms with Crippen molar-refractivity contribution in [3.05, 3.63) is 52.8 Å². The molecule has 0 aliphatic carbocycles. The van der Waals surface area contributed by atoms with E-state index in [2.05, 4.69) is 10.3 Å². The molecule has 0 fully saturated rings. The smallest absolute Gasteiger partial charge is 0.262 e. The summed E-state index contributed by atoms with van der Waals surface area (Å²) in [6.07, 6.45) is 0.685. The number of hydrogen-bond acceptors (Lipinski definition) is 7. The molecule has 9 heteroatoms. The molecule has 8 nitrogen and oxygen atoms in total. The van der Waals surface area contributed by atoms with E-state index in [0.717, 1.165) is 0 Å². The number of carbonyl (C=O) groups is 1. The van der Waals surface area contributed by atoms with Gasteiger partial charge >= 0.3 is 0 Å². The standard InChI is InChI=1S/C22H23N3O5S/c1-2-28-11-5-10-25-21(27)16-6-3-4-7-17(16)24-22(25)31-13-20(26)23-15-8-9-18-19(12-15)30-14-29-18/h3-4,6-9,12H,2,5,10-11,13-14H2,1H3,(H,23,26). The first kappa shape index (κ1) is 21.2. The molecule has 1 aliphatic heterocycles. The zero-order valence-electron chi connectivity index (χ0n) is 17.1. The highest BCUT2D eigenvalue weighted by Gasteiger charge is 2.16. The average molecular weight is 442 g/mol. The van der Waals surface area contributed by atoms with E-state index in [4.69, 9.17) is 14.2 Å². The highest BCUT2D eigenvalue weighted by molar-refractivity contribution is 7.99. The average Bonchev–Trinajstić information content (AvgIpc) is 3.24. The van der Waals surface area contributed by atoms with E-state index in [0.29, 0.717) is 59.4 Å². The molecule has 162 valence electrons. The Morgan fingerprint density at radius 3 is 2.94 bits per heavy atom. The lowest BCUT2D eigenvalue weighted by atomic mass is 10.2. The lowest BCUT2D eigenvalue weighted by molar-refractivity contribution is -0.113. The Bertz CT molecular complexity index is 1150. The maximum atomic E-state index is 13.0. The van der Waals surface area contributed by atoms with Gasteiger partial charge < -0.3 is 19.5 Å². The summed E-state index contributed by atoms with van der Waals surface area (Å²) in [5, 5.41) is 3.92. The normalized spacial score (nSPS) is 12.3. The van der Waals surface area contributed by atoms with Crippen molar-refractivity contribution in [2.45, 2.75) is 25.0 Å². The third kappa shape index (κ3) is 5.00. The van der Waals surface area contributed by atoms with Gasteiger partial charge in [-0.3, -0.25) is 14.2 Å². The number of ether oxygens (including phenoxy) is 3. The fourth-order valence-electron chi connectivity index (χ4n) is 3.23. The molecule has 0 saturated heterocycles. The van der Waals surface area contributed by atoms with E-state index in [1.54, 1.807) is 34.9 Å². The Labute approximate surface area is 183 Å². The predicted molar refractivity (Wildman–Crippen MR) is 119 cm³/mol. The van der Waals surface area contributed by atoms with Crippen LogP contribution in [0.1, 0.15) is 13.3 Å². The number of amides is 1. The number of nitrogens with zero attached hydrogens (tertiary/aromatic N) is 2. The van der Waals surface area contributed by atoms with Crippen molar-refractivity contribution in [3.8, 4) is 11.5 Å². The number of anilines is 1. The van der Waals surface area contributed by atoms with E-state index in [1.165, 1.54) is 11.8 Å². The number of fused-ring (bicyclic) bond motifs is 2. The van der Waals surface area contributed by atoms with E-state index < -0.39 is 0 Å². The van der Waals surface area contributed by atoms with Gasteiger partial charge in [0.05, 0.1) is 16.7 Å². The Morgan fingerprint density at radius 1 is 1.23 bits per heavy atom. The second-order valence-electron chi connectivity index (χ2n) is 6.82. The van der Waals surface area contributed by atoms with Crippen molar-refractivity contribution < 1.29 is 19.0 Å². The largest absolute Gasteiger partial charge is 0.454 e. The van der Waals surface area contributed by atoms with Crippen molar-refractivity contribution in [2.24, 2.45) is 0 Å². The monoisotopic (exact) mass is 441 g/mol. The molecule has 2 heterocycles.